The van der Waals surface area contributed by atoms with Crippen molar-refractivity contribution in [2.75, 3.05) is 19.7 Å². The van der Waals surface area contributed by atoms with Gasteiger partial charge in [0.25, 0.3) is 0 Å². The summed E-state index contributed by atoms with van der Waals surface area (Å²) in [5, 5.41) is 11.7. The molecule has 10 heavy (non-hydrogen) atoms. The second-order valence-electron chi connectivity index (χ2n) is 3.24. The monoisotopic (exact) mass is 143 g/mol. The molecule has 0 bridgehead atoms. The Hall–Kier alpha value is -0.0800. The van der Waals surface area contributed by atoms with Crippen LogP contribution in [0.5, 0.6) is 0 Å². The van der Waals surface area contributed by atoms with Crippen molar-refractivity contribution in [2.45, 2.75) is 19.8 Å². The van der Waals surface area contributed by atoms with E-state index in [4.69, 9.17) is 5.11 Å². The van der Waals surface area contributed by atoms with Gasteiger partial charge in [0.2, 0.25) is 0 Å². The van der Waals surface area contributed by atoms with Gasteiger partial charge in [0.05, 0.1) is 6.61 Å². The zero-order valence-electron chi connectivity index (χ0n) is 6.64. The van der Waals surface area contributed by atoms with Crippen LogP contribution in [0.3, 0.4) is 0 Å². The van der Waals surface area contributed by atoms with Gasteiger partial charge in [-0.2, -0.15) is 0 Å². The van der Waals surface area contributed by atoms with Crippen LogP contribution in [-0.4, -0.2) is 24.8 Å². The summed E-state index contributed by atoms with van der Waals surface area (Å²) in [6.07, 6.45) is 2.84. The molecule has 2 heteroatoms. The van der Waals surface area contributed by atoms with Crippen LogP contribution in [0.25, 0.3) is 0 Å². The van der Waals surface area contributed by atoms with Gasteiger partial charge >= 0.3 is 0 Å². The van der Waals surface area contributed by atoms with E-state index in [0.29, 0.717) is 0 Å². The SMILES string of the molecule is CC(CNCCO)C1CC1. The molecule has 0 saturated heterocycles. The molecule has 1 rings (SSSR count). The van der Waals surface area contributed by atoms with E-state index in [1.54, 1.807) is 0 Å². The molecule has 0 amide bonds. The topological polar surface area (TPSA) is 32.3 Å². The predicted octanol–water partition coefficient (Wildman–Crippen LogP) is 0.614. The van der Waals surface area contributed by atoms with Gasteiger partial charge in [-0.05, 0) is 31.2 Å². The zero-order valence-corrected chi connectivity index (χ0v) is 6.64. The van der Waals surface area contributed by atoms with E-state index >= 15 is 0 Å². The third-order valence-electron chi connectivity index (χ3n) is 2.18. The van der Waals surface area contributed by atoms with Crippen molar-refractivity contribution >= 4 is 0 Å². The highest BCUT2D eigenvalue weighted by Gasteiger charge is 2.26. The van der Waals surface area contributed by atoms with Crippen molar-refractivity contribution in [3.8, 4) is 0 Å². The normalized spacial score (nSPS) is 21.0. The number of aliphatic hydroxyl groups excluding tert-OH is 1. The van der Waals surface area contributed by atoms with Gasteiger partial charge in [0, 0.05) is 6.54 Å². The third kappa shape index (κ3) is 2.67. The molecule has 1 unspecified atom stereocenters. The Morgan fingerprint density at radius 3 is 2.80 bits per heavy atom. The number of aliphatic hydroxyl groups is 1. The van der Waals surface area contributed by atoms with Crippen molar-refractivity contribution < 1.29 is 5.11 Å². The Bertz CT molecular complexity index is 91.3. The quantitative estimate of drug-likeness (QED) is 0.553. The lowest BCUT2D eigenvalue weighted by Crippen LogP contribution is -2.24. The Balaban J connectivity index is 1.90. The second-order valence-corrected chi connectivity index (χ2v) is 3.24. The van der Waals surface area contributed by atoms with Crippen molar-refractivity contribution in [3.05, 3.63) is 0 Å². The highest BCUT2D eigenvalue weighted by atomic mass is 16.3. The fourth-order valence-corrected chi connectivity index (χ4v) is 1.24. The molecular formula is C8H17NO. The molecule has 0 radical (unpaired) electrons. The third-order valence-corrected chi connectivity index (χ3v) is 2.18. The van der Waals surface area contributed by atoms with E-state index < -0.39 is 0 Å². The Labute approximate surface area is 62.6 Å². The van der Waals surface area contributed by atoms with Crippen LogP contribution in [0.15, 0.2) is 0 Å². The van der Waals surface area contributed by atoms with Gasteiger partial charge < -0.3 is 10.4 Å². The summed E-state index contributed by atoms with van der Waals surface area (Å²) >= 11 is 0. The largest absolute Gasteiger partial charge is 0.395 e. The first-order valence-corrected chi connectivity index (χ1v) is 4.16. The average molecular weight is 143 g/mol. The van der Waals surface area contributed by atoms with Crippen LogP contribution in [0.1, 0.15) is 19.8 Å². The lowest BCUT2D eigenvalue weighted by Gasteiger charge is -2.09. The summed E-state index contributed by atoms with van der Waals surface area (Å²) < 4.78 is 0. The molecule has 0 heterocycles. The van der Waals surface area contributed by atoms with Crippen LogP contribution >= 0.6 is 0 Å². The van der Waals surface area contributed by atoms with Crippen LogP contribution in [0.2, 0.25) is 0 Å². The van der Waals surface area contributed by atoms with Crippen LogP contribution in [0, 0.1) is 11.8 Å². The number of nitrogens with one attached hydrogen (secondary N) is 1. The molecular weight excluding hydrogens is 126 g/mol. The predicted molar refractivity (Wildman–Crippen MR) is 41.8 cm³/mol. The summed E-state index contributed by atoms with van der Waals surface area (Å²) in [6.45, 7) is 4.36. The lowest BCUT2D eigenvalue weighted by molar-refractivity contribution is 0.287. The second kappa shape index (κ2) is 3.94. The molecule has 0 aromatic carbocycles. The molecule has 0 aromatic heterocycles. The maximum atomic E-state index is 8.47. The summed E-state index contributed by atoms with van der Waals surface area (Å²) in [6, 6.07) is 0. The first-order valence-electron chi connectivity index (χ1n) is 4.16. The molecule has 0 aromatic rings. The van der Waals surface area contributed by atoms with Gasteiger partial charge in [0.1, 0.15) is 0 Å². The van der Waals surface area contributed by atoms with Crippen LogP contribution in [0.4, 0.5) is 0 Å². The standard InChI is InChI=1S/C8H17NO/c1-7(8-2-3-8)6-9-4-5-10/h7-10H,2-6H2,1H3. The minimum Gasteiger partial charge on any atom is -0.395 e. The molecule has 2 nitrogen and oxygen atoms in total. The molecule has 0 aliphatic heterocycles. The number of rotatable bonds is 5. The first kappa shape index (κ1) is 8.02. The molecule has 0 spiro atoms. The summed E-state index contributed by atoms with van der Waals surface area (Å²) in [5.41, 5.74) is 0. The van der Waals surface area contributed by atoms with Crippen molar-refractivity contribution in [2.24, 2.45) is 11.8 Å². The fourth-order valence-electron chi connectivity index (χ4n) is 1.24. The van der Waals surface area contributed by atoms with Crippen LogP contribution in [-0.2, 0) is 0 Å². The van der Waals surface area contributed by atoms with Gasteiger partial charge in [-0.25, -0.2) is 0 Å². The lowest BCUT2D eigenvalue weighted by atomic mass is 10.1. The van der Waals surface area contributed by atoms with Gasteiger partial charge in [0.15, 0.2) is 0 Å². The summed E-state index contributed by atoms with van der Waals surface area (Å²) in [5.74, 6) is 1.79. The molecule has 1 fully saturated rings. The molecule has 1 aliphatic rings. The van der Waals surface area contributed by atoms with Gasteiger partial charge in [-0.1, -0.05) is 6.92 Å². The molecule has 1 atom stereocenters. The number of hydrogen-bond donors (Lipinski definition) is 2. The number of hydrogen-bond acceptors (Lipinski definition) is 2. The van der Waals surface area contributed by atoms with E-state index in [9.17, 15) is 0 Å². The smallest absolute Gasteiger partial charge is 0.0555 e. The maximum absolute atomic E-state index is 8.47. The van der Waals surface area contributed by atoms with Crippen LogP contribution < -0.4 is 5.32 Å². The minimum atomic E-state index is 0.261. The van der Waals surface area contributed by atoms with Gasteiger partial charge in [-0.3, -0.25) is 0 Å². The van der Waals surface area contributed by atoms with Crippen molar-refractivity contribution in [1.82, 2.24) is 5.32 Å². The van der Waals surface area contributed by atoms with Gasteiger partial charge in [-0.15, -0.1) is 0 Å². The Kier molecular flexibility index (Phi) is 3.16. The molecule has 2 N–H and O–H groups in total. The van der Waals surface area contributed by atoms with Crippen molar-refractivity contribution in [3.63, 3.8) is 0 Å². The Morgan fingerprint density at radius 1 is 1.60 bits per heavy atom. The molecule has 1 aliphatic carbocycles. The van der Waals surface area contributed by atoms with E-state index in [2.05, 4.69) is 12.2 Å². The maximum Gasteiger partial charge on any atom is 0.0555 e. The van der Waals surface area contributed by atoms with E-state index in [0.717, 1.165) is 24.9 Å². The fraction of sp³-hybridized carbons (Fsp3) is 1.00. The summed E-state index contributed by atoms with van der Waals surface area (Å²) in [4.78, 5) is 0. The average Bonchev–Trinajstić information content (AvgIpc) is 2.69. The molecule has 1 saturated carbocycles. The van der Waals surface area contributed by atoms with E-state index in [1.807, 2.05) is 0 Å². The minimum absolute atomic E-state index is 0.261. The highest BCUT2D eigenvalue weighted by Crippen LogP contribution is 2.35. The van der Waals surface area contributed by atoms with E-state index in [1.165, 1.54) is 12.8 Å². The Morgan fingerprint density at radius 2 is 2.30 bits per heavy atom. The summed E-state index contributed by atoms with van der Waals surface area (Å²) in [7, 11) is 0. The van der Waals surface area contributed by atoms with E-state index in [-0.39, 0.29) is 6.61 Å². The zero-order chi connectivity index (χ0) is 7.40. The first-order chi connectivity index (χ1) is 4.84. The highest BCUT2D eigenvalue weighted by molar-refractivity contribution is 4.79. The molecule has 60 valence electrons. The van der Waals surface area contributed by atoms with Crippen molar-refractivity contribution in [1.29, 1.82) is 0 Å².